The summed E-state index contributed by atoms with van der Waals surface area (Å²) < 4.78 is 33.2. The topological polar surface area (TPSA) is 115 Å². The molecule has 0 aliphatic carbocycles. The first-order valence-electron chi connectivity index (χ1n) is 0.748. The van der Waals surface area contributed by atoms with Crippen molar-refractivity contribution in [3.8, 4) is 0 Å². The molecular weight excluding hydrogens is 220 g/mol. The van der Waals surface area contributed by atoms with Crippen LogP contribution in [0.1, 0.15) is 0 Å². The molecule has 0 aromatic heterocycles. The van der Waals surface area contributed by atoms with Gasteiger partial charge in [0.25, 0.3) is 0 Å². The summed E-state index contributed by atoms with van der Waals surface area (Å²) >= 11 is -5.62. The largest absolute Gasteiger partial charge is 2.00 e. The molecule has 0 aliphatic rings. The molecule has 0 heterocycles. The number of rotatable bonds is 0. The van der Waals surface area contributed by atoms with E-state index in [1.807, 2.05) is 0 Å². The zero-order valence-corrected chi connectivity index (χ0v) is 8.17. The molecule has 0 aromatic carbocycles. The Balaban J connectivity index is -0.0000000800. The van der Waals surface area contributed by atoms with Gasteiger partial charge in [-0.15, -0.1) is 0 Å². The molecule has 0 aliphatic heterocycles. The van der Waals surface area contributed by atoms with Crippen LogP contribution in [0, 0.1) is 0 Å². The van der Waals surface area contributed by atoms with E-state index < -0.39 is 14.5 Å². The van der Waals surface area contributed by atoms with Crippen LogP contribution in [-0.4, -0.2) is 24.1 Å². The summed E-state index contributed by atoms with van der Waals surface area (Å²) in [5, 5.41) is 0. The van der Waals surface area contributed by atoms with Gasteiger partial charge in [-0.25, -0.2) is 0 Å². The fraction of sp³-hybridized carbons (Fsp3) is 0. The van der Waals surface area contributed by atoms with Gasteiger partial charge >= 0.3 is 50.0 Å². The fourth-order valence-corrected chi connectivity index (χ4v) is 0. The van der Waals surface area contributed by atoms with E-state index in [0.29, 0.717) is 0 Å². The minimum atomic E-state index is -5.62. The van der Waals surface area contributed by atoms with Crippen molar-refractivity contribution >= 4 is 14.5 Å². The zero-order valence-electron chi connectivity index (χ0n) is 3.33. The Morgan fingerprint density at radius 3 is 1.43 bits per heavy atom. The van der Waals surface area contributed by atoms with Crippen LogP contribution in [-0.2, 0) is 23.2 Å². The SMILES string of the molecule is O.O=[As]([O-])([O-])O.[Zn+2]. The molecule has 0 aromatic rings. The number of hydrogen-bond donors (Lipinski definition) is 1. The monoisotopic (exact) mass is 222 g/mol. The summed E-state index contributed by atoms with van der Waals surface area (Å²) in [6, 6.07) is 0. The Bertz CT molecular complexity index is 54.2. The van der Waals surface area contributed by atoms with E-state index in [1.165, 1.54) is 0 Å². The van der Waals surface area contributed by atoms with Gasteiger partial charge in [-0.2, -0.15) is 0 Å². The maximum Gasteiger partial charge on any atom is 2.00 e. The van der Waals surface area contributed by atoms with Gasteiger partial charge in [0.2, 0.25) is 0 Å². The summed E-state index contributed by atoms with van der Waals surface area (Å²) in [6.45, 7) is 0. The first kappa shape index (κ1) is 15.7. The minimum Gasteiger partial charge on any atom is 2.00 e. The van der Waals surface area contributed by atoms with Crippen molar-refractivity contribution < 1.29 is 41.0 Å². The second-order valence-corrected chi connectivity index (χ2v) is 2.43. The molecule has 0 saturated carbocycles. The van der Waals surface area contributed by atoms with Gasteiger partial charge in [0.05, 0.1) is 0 Å². The maximum absolute atomic E-state index is 8.72. The maximum atomic E-state index is 8.72. The molecule has 7 heteroatoms. The van der Waals surface area contributed by atoms with Crippen LogP contribution in [0.4, 0.5) is 0 Å². The molecule has 0 bridgehead atoms. The molecule has 7 heavy (non-hydrogen) atoms. The third-order valence-electron chi connectivity index (χ3n) is 0. The third-order valence-corrected chi connectivity index (χ3v) is 0. The summed E-state index contributed by atoms with van der Waals surface area (Å²) in [7, 11) is 0. The average Bonchev–Trinajstić information content (AvgIpc) is 0.722. The van der Waals surface area contributed by atoms with Crippen LogP contribution >= 0.6 is 0 Å². The average molecular weight is 223 g/mol. The predicted octanol–water partition coefficient (Wildman–Crippen LogP) is -4.26. The zero-order chi connectivity index (χ0) is 4.50. The van der Waals surface area contributed by atoms with Crippen molar-refractivity contribution in [1.29, 1.82) is 0 Å². The Labute approximate surface area is 55.8 Å². The first-order valence-corrected chi connectivity index (χ1v) is 3.89. The fourth-order valence-electron chi connectivity index (χ4n) is 0. The second kappa shape index (κ2) is 4.97. The van der Waals surface area contributed by atoms with Gasteiger partial charge in [0, 0.05) is 0 Å². The Kier molecular flexibility index (Phi) is 11.1. The summed E-state index contributed by atoms with van der Waals surface area (Å²) in [5.74, 6) is 0. The van der Waals surface area contributed by atoms with Crippen LogP contribution in [0.3, 0.4) is 0 Å². The van der Waals surface area contributed by atoms with Crippen molar-refractivity contribution in [2.45, 2.75) is 0 Å². The Hall–Kier alpha value is 0.822. The van der Waals surface area contributed by atoms with Gasteiger partial charge in [0.1, 0.15) is 0 Å². The van der Waals surface area contributed by atoms with E-state index in [1.54, 1.807) is 0 Å². The van der Waals surface area contributed by atoms with E-state index in [-0.39, 0.29) is 25.0 Å². The summed E-state index contributed by atoms with van der Waals surface area (Å²) in [5.41, 5.74) is 0. The van der Waals surface area contributed by atoms with Crippen molar-refractivity contribution in [3.05, 3.63) is 0 Å². The van der Waals surface area contributed by atoms with E-state index in [0.717, 1.165) is 0 Å². The Morgan fingerprint density at radius 2 is 1.43 bits per heavy atom. The molecule has 0 unspecified atom stereocenters. The van der Waals surface area contributed by atoms with Crippen molar-refractivity contribution in [3.63, 3.8) is 0 Å². The molecule has 0 saturated heterocycles. The van der Waals surface area contributed by atoms with Gasteiger partial charge in [-0.05, 0) is 0 Å². The minimum absolute atomic E-state index is 0. The third kappa shape index (κ3) is 235. The van der Waals surface area contributed by atoms with E-state index >= 15 is 0 Å². The normalized spacial score (nSPS) is 8.43. The van der Waals surface area contributed by atoms with Crippen molar-refractivity contribution in [2.75, 3.05) is 0 Å². The van der Waals surface area contributed by atoms with Gasteiger partial charge in [-0.1, -0.05) is 0 Å². The first-order chi connectivity index (χ1) is 2.00. The predicted molar refractivity (Wildman–Crippen MR) is 12.3 cm³/mol. The van der Waals surface area contributed by atoms with Crippen LogP contribution in [0.15, 0.2) is 0 Å². The quantitative estimate of drug-likeness (QED) is 0.419. The van der Waals surface area contributed by atoms with Gasteiger partial charge in [-0.3, -0.25) is 0 Å². The van der Waals surface area contributed by atoms with Crippen molar-refractivity contribution in [1.82, 2.24) is 0 Å². The van der Waals surface area contributed by atoms with Gasteiger partial charge < -0.3 is 5.48 Å². The standard InChI is InChI=1S/AsH3O4.H2O.Zn/c2-1(3,4)5;;/h(H3,2,3,4,5);1H2;/q;;+2/p-2. The molecule has 0 atom stereocenters. The summed E-state index contributed by atoms with van der Waals surface area (Å²) in [6.07, 6.45) is 0. The molecule has 0 rings (SSSR count). The molecule has 0 spiro atoms. The molecule has 0 radical (unpaired) electrons. The van der Waals surface area contributed by atoms with E-state index in [2.05, 4.69) is 0 Å². The molecule has 5 nitrogen and oxygen atoms in total. The smallest absolute Gasteiger partial charge is 2.00 e. The van der Waals surface area contributed by atoms with Gasteiger partial charge in [0.15, 0.2) is 0 Å². The molecular formula is H3AsO5Zn. The molecule has 40 valence electrons. The molecule has 3 N–H and O–H groups in total. The van der Waals surface area contributed by atoms with Crippen LogP contribution < -0.4 is 8.19 Å². The molecule has 0 amide bonds. The van der Waals surface area contributed by atoms with E-state index in [4.69, 9.17) is 16.0 Å². The van der Waals surface area contributed by atoms with Crippen LogP contribution in [0.2, 0.25) is 0 Å². The molecule has 0 fully saturated rings. The summed E-state index contributed by atoms with van der Waals surface area (Å²) in [4.78, 5) is 0. The van der Waals surface area contributed by atoms with Crippen LogP contribution in [0.5, 0.6) is 0 Å². The van der Waals surface area contributed by atoms with Crippen molar-refractivity contribution in [2.24, 2.45) is 0 Å². The van der Waals surface area contributed by atoms with Crippen LogP contribution in [0.25, 0.3) is 0 Å². The van der Waals surface area contributed by atoms with E-state index in [9.17, 15) is 0 Å². The Morgan fingerprint density at radius 1 is 1.43 bits per heavy atom. The number of hydrogen-bond acceptors (Lipinski definition) is 3. The second-order valence-electron chi connectivity index (χ2n) is 0.469.